The molecule has 0 atom stereocenters. The lowest BCUT2D eigenvalue weighted by molar-refractivity contribution is 0.888. The molecule has 0 amide bonds. The molecular weight excluding hydrogens is 234 g/mol. The van der Waals surface area contributed by atoms with E-state index in [0.29, 0.717) is 0 Å². The van der Waals surface area contributed by atoms with E-state index < -0.39 is 0 Å². The van der Waals surface area contributed by atoms with Gasteiger partial charge in [-0.05, 0) is 37.5 Å². The van der Waals surface area contributed by atoms with Crippen molar-refractivity contribution in [2.75, 3.05) is 0 Å². The molecule has 0 saturated carbocycles. The molecule has 0 aliphatic carbocycles. The van der Waals surface area contributed by atoms with E-state index in [9.17, 15) is 0 Å². The third-order valence-corrected chi connectivity index (χ3v) is 3.26. The molecule has 1 N–H and O–H groups in total. The molecule has 0 aliphatic rings. The molecular formula is C16H17N3. The number of fused-ring (bicyclic) bond motifs is 1. The predicted molar refractivity (Wildman–Crippen MR) is 77.2 cm³/mol. The fraction of sp³-hybridized carbons (Fsp3) is 0.250. The number of aromatic amines is 1. The maximum absolute atomic E-state index is 4.52. The third kappa shape index (κ3) is 2.65. The molecule has 2 aromatic heterocycles. The number of aromatic nitrogens is 3. The normalized spacial score (nSPS) is 11.1. The lowest BCUT2D eigenvalue weighted by atomic mass is 10.1. The SMILES string of the molecule is Cc1cccc(CCc2nc3ncc(C)cc3[nH]2)c1. The monoisotopic (exact) mass is 251 g/mol. The average Bonchev–Trinajstić information content (AvgIpc) is 2.78. The summed E-state index contributed by atoms with van der Waals surface area (Å²) in [6.45, 7) is 4.16. The number of nitrogens with zero attached hydrogens (tertiary/aromatic N) is 2. The first kappa shape index (κ1) is 11.9. The molecule has 3 nitrogen and oxygen atoms in total. The summed E-state index contributed by atoms with van der Waals surface area (Å²) < 4.78 is 0. The van der Waals surface area contributed by atoms with Crippen LogP contribution in [-0.2, 0) is 12.8 Å². The van der Waals surface area contributed by atoms with Gasteiger partial charge in [0.25, 0.3) is 0 Å². The van der Waals surface area contributed by atoms with Crippen LogP contribution in [0.4, 0.5) is 0 Å². The number of pyridine rings is 1. The molecule has 0 radical (unpaired) electrons. The number of hydrogen-bond donors (Lipinski definition) is 1. The Kier molecular flexibility index (Phi) is 3.03. The van der Waals surface area contributed by atoms with Crippen molar-refractivity contribution in [1.82, 2.24) is 15.0 Å². The summed E-state index contributed by atoms with van der Waals surface area (Å²) in [7, 11) is 0. The smallest absolute Gasteiger partial charge is 0.177 e. The molecule has 19 heavy (non-hydrogen) atoms. The van der Waals surface area contributed by atoms with E-state index in [1.807, 2.05) is 13.1 Å². The topological polar surface area (TPSA) is 41.6 Å². The minimum Gasteiger partial charge on any atom is -0.341 e. The minimum atomic E-state index is 0.810. The van der Waals surface area contributed by atoms with Gasteiger partial charge in [-0.2, -0.15) is 0 Å². The van der Waals surface area contributed by atoms with E-state index in [1.54, 1.807) is 0 Å². The van der Waals surface area contributed by atoms with E-state index in [1.165, 1.54) is 11.1 Å². The standard InChI is InChI=1S/C16H17N3/c1-11-4-3-5-13(8-11)6-7-15-18-14-9-12(2)10-17-16(14)19-15/h3-5,8-10H,6-7H2,1-2H3,(H,17,18,19). The fourth-order valence-corrected chi connectivity index (χ4v) is 2.30. The van der Waals surface area contributed by atoms with Gasteiger partial charge >= 0.3 is 0 Å². The van der Waals surface area contributed by atoms with Crippen molar-refractivity contribution in [3.63, 3.8) is 0 Å². The van der Waals surface area contributed by atoms with Gasteiger partial charge in [0.15, 0.2) is 5.65 Å². The van der Waals surface area contributed by atoms with E-state index in [4.69, 9.17) is 0 Å². The van der Waals surface area contributed by atoms with Crippen LogP contribution in [0.3, 0.4) is 0 Å². The Balaban J connectivity index is 1.78. The minimum absolute atomic E-state index is 0.810. The van der Waals surface area contributed by atoms with Gasteiger partial charge in [-0.3, -0.25) is 0 Å². The van der Waals surface area contributed by atoms with E-state index in [0.717, 1.165) is 35.4 Å². The van der Waals surface area contributed by atoms with Crippen LogP contribution >= 0.6 is 0 Å². The van der Waals surface area contributed by atoms with Crippen molar-refractivity contribution in [3.05, 3.63) is 59.0 Å². The van der Waals surface area contributed by atoms with Crippen molar-refractivity contribution < 1.29 is 0 Å². The quantitative estimate of drug-likeness (QED) is 0.775. The van der Waals surface area contributed by atoms with Crippen LogP contribution in [0.2, 0.25) is 0 Å². The molecule has 0 unspecified atom stereocenters. The number of rotatable bonds is 3. The summed E-state index contributed by atoms with van der Waals surface area (Å²) in [5.74, 6) is 1.01. The Morgan fingerprint density at radius 2 is 1.95 bits per heavy atom. The zero-order chi connectivity index (χ0) is 13.2. The second-order valence-electron chi connectivity index (χ2n) is 5.06. The molecule has 3 aromatic rings. The fourth-order valence-electron chi connectivity index (χ4n) is 2.30. The van der Waals surface area contributed by atoms with Crippen LogP contribution in [0.25, 0.3) is 11.2 Å². The van der Waals surface area contributed by atoms with Crippen molar-refractivity contribution in [2.45, 2.75) is 26.7 Å². The Hall–Kier alpha value is -2.16. The highest BCUT2D eigenvalue weighted by atomic mass is 15.0. The van der Waals surface area contributed by atoms with Gasteiger partial charge in [0.05, 0.1) is 5.52 Å². The number of hydrogen-bond acceptors (Lipinski definition) is 2. The molecule has 0 saturated heterocycles. The summed E-state index contributed by atoms with van der Waals surface area (Å²) in [5.41, 5.74) is 5.65. The summed E-state index contributed by atoms with van der Waals surface area (Å²) in [4.78, 5) is 12.2. The highest BCUT2D eigenvalue weighted by Gasteiger charge is 2.04. The zero-order valence-corrected chi connectivity index (χ0v) is 11.3. The van der Waals surface area contributed by atoms with Gasteiger partial charge in [-0.25, -0.2) is 9.97 Å². The van der Waals surface area contributed by atoms with Crippen molar-refractivity contribution in [2.24, 2.45) is 0 Å². The predicted octanol–water partition coefficient (Wildman–Crippen LogP) is 3.36. The second kappa shape index (κ2) is 4.84. The number of aryl methyl sites for hydroxylation is 4. The number of benzene rings is 1. The van der Waals surface area contributed by atoms with Gasteiger partial charge in [-0.1, -0.05) is 29.8 Å². The highest BCUT2D eigenvalue weighted by Crippen LogP contribution is 2.12. The van der Waals surface area contributed by atoms with Crippen molar-refractivity contribution >= 4 is 11.2 Å². The van der Waals surface area contributed by atoms with Crippen LogP contribution in [0, 0.1) is 13.8 Å². The van der Waals surface area contributed by atoms with Gasteiger partial charge in [-0.15, -0.1) is 0 Å². The molecule has 0 aliphatic heterocycles. The number of imidazole rings is 1. The Morgan fingerprint density at radius 1 is 1.05 bits per heavy atom. The molecule has 1 aromatic carbocycles. The molecule has 96 valence electrons. The Bertz CT molecular complexity index is 713. The summed E-state index contributed by atoms with van der Waals surface area (Å²) in [6.07, 6.45) is 3.77. The first-order valence-corrected chi connectivity index (χ1v) is 6.57. The maximum Gasteiger partial charge on any atom is 0.177 e. The third-order valence-electron chi connectivity index (χ3n) is 3.26. The molecule has 0 bridgehead atoms. The molecule has 0 fully saturated rings. The van der Waals surface area contributed by atoms with Gasteiger partial charge in [0.1, 0.15) is 5.82 Å². The van der Waals surface area contributed by atoms with E-state index in [2.05, 4.69) is 52.2 Å². The van der Waals surface area contributed by atoms with Gasteiger partial charge in [0, 0.05) is 12.6 Å². The zero-order valence-electron chi connectivity index (χ0n) is 11.3. The molecule has 3 rings (SSSR count). The first-order chi connectivity index (χ1) is 9.20. The Morgan fingerprint density at radius 3 is 2.79 bits per heavy atom. The van der Waals surface area contributed by atoms with Crippen LogP contribution < -0.4 is 0 Å². The lowest BCUT2D eigenvalue weighted by Crippen LogP contribution is -1.93. The van der Waals surface area contributed by atoms with Crippen LogP contribution in [0.15, 0.2) is 36.5 Å². The van der Waals surface area contributed by atoms with Crippen molar-refractivity contribution in [1.29, 1.82) is 0 Å². The van der Waals surface area contributed by atoms with Crippen LogP contribution in [0.1, 0.15) is 22.5 Å². The summed E-state index contributed by atoms with van der Waals surface area (Å²) in [5, 5.41) is 0. The van der Waals surface area contributed by atoms with Crippen molar-refractivity contribution in [3.8, 4) is 0 Å². The molecule has 3 heteroatoms. The average molecular weight is 251 g/mol. The summed E-state index contributed by atoms with van der Waals surface area (Å²) in [6, 6.07) is 10.7. The molecule has 0 spiro atoms. The maximum atomic E-state index is 4.52. The summed E-state index contributed by atoms with van der Waals surface area (Å²) >= 11 is 0. The van der Waals surface area contributed by atoms with Crippen LogP contribution in [-0.4, -0.2) is 15.0 Å². The first-order valence-electron chi connectivity index (χ1n) is 6.57. The molecule has 2 heterocycles. The number of H-pyrrole nitrogens is 1. The second-order valence-corrected chi connectivity index (χ2v) is 5.06. The largest absolute Gasteiger partial charge is 0.341 e. The van der Waals surface area contributed by atoms with Gasteiger partial charge < -0.3 is 4.98 Å². The highest BCUT2D eigenvalue weighted by molar-refractivity contribution is 5.70. The lowest BCUT2D eigenvalue weighted by Gasteiger charge is -2.00. The van der Waals surface area contributed by atoms with E-state index >= 15 is 0 Å². The van der Waals surface area contributed by atoms with Gasteiger partial charge in [0.2, 0.25) is 0 Å². The Labute approximate surface area is 112 Å². The van der Waals surface area contributed by atoms with E-state index in [-0.39, 0.29) is 0 Å². The number of nitrogens with one attached hydrogen (secondary N) is 1. The van der Waals surface area contributed by atoms with Crippen LogP contribution in [0.5, 0.6) is 0 Å².